The Morgan fingerprint density at radius 3 is 2.56 bits per heavy atom. The third-order valence-electron chi connectivity index (χ3n) is 2.44. The molecule has 2 rings (SSSR count). The van der Waals surface area contributed by atoms with E-state index in [4.69, 9.17) is 11.5 Å². The summed E-state index contributed by atoms with van der Waals surface area (Å²) in [6.07, 6.45) is 1.82. The lowest BCUT2D eigenvalue weighted by Gasteiger charge is -2.05. The normalized spacial score (nSPS) is 10.3. The Morgan fingerprint density at radius 2 is 2.00 bits per heavy atom. The summed E-state index contributed by atoms with van der Waals surface area (Å²) in [6.45, 7) is 0.369. The number of nitrogens with two attached hydrogens (primary N) is 2. The quantitative estimate of drug-likeness (QED) is 0.686. The molecule has 0 spiro atoms. The average Bonchev–Trinajstić information content (AvgIpc) is 2.70. The molecular weight excluding hydrogens is 230 g/mol. The van der Waals surface area contributed by atoms with Crippen molar-refractivity contribution in [3.05, 3.63) is 41.7 Å². The summed E-state index contributed by atoms with van der Waals surface area (Å²) in [7, 11) is 1.82. The number of hydrogen-bond donors (Lipinski definition) is 3. The van der Waals surface area contributed by atoms with Crippen LogP contribution < -0.4 is 16.8 Å². The van der Waals surface area contributed by atoms with Gasteiger partial charge in [0.1, 0.15) is 0 Å². The predicted octanol–water partition coefficient (Wildman–Crippen LogP) is 0.514. The van der Waals surface area contributed by atoms with Gasteiger partial charge in [-0.2, -0.15) is 5.10 Å². The van der Waals surface area contributed by atoms with Crippen molar-refractivity contribution in [2.24, 2.45) is 7.05 Å². The van der Waals surface area contributed by atoms with Crippen LogP contribution in [0.5, 0.6) is 0 Å². The molecule has 0 aliphatic rings. The zero-order valence-electron chi connectivity index (χ0n) is 10.1. The molecule has 0 aliphatic carbocycles. The maximum Gasteiger partial charge on any atom is 0.251 e. The largest absolute Gasteiger partial charge is 0.399 e. The molecule has 0 bridgehead atoms. The fraction of sp³-hybridized carbons (Fsp3) is 0.167. The maximum atomic E-state index is 11.9. The standard InChI is InChI=1S/C12H15N5O/c1-17-3-2-11(16-17)7-15-12(18)8-4-9(13)6-10(14)5-8/h2-6H,7,13-14H2,1H3,(H,15,18). The second-order valence-corrected chi connectivity index (χ2v) is 4.05. The van der Waals surface area contributed by atoms with E-state index in [0.29, 0.717) is 23.5 Å². The molecule has 0 aliphatic heterocycles. The number of nitrogens with one attached hydrogen (secondary N) is 1. The Balaban J connectivity index is 2.03. The molecule has 0 radical (unpaired) electrons. The zero-order valence-corrected chi connectivity index (χ0v) is 10.1. The first kappa shape index (κ1) is 12.0. The molecule has 2 aromatic rings. The fourth-order valence-corrected chi connectivity index (χ4v) is 1.64. The second-order valence-electron chi connectivity index (χ2n) is 4.05. The first-order valence-corrected chi connectivity index (χ1v) is 5.47. The van der Waals surface area contributed by atoms with E-state index in [1.54, 1.807) is 22.9 Å². The van der Waals surface area contributed by atoms with Crippen LogP contribution in [0.1, 0.15) is 16.1 Å². The molecular formula is C12H15N5O. The van der Waals surface area contributed by atoms with Gasteiger partial charge in [-0.15, -0.1) is 0 Å². The molecule has 1 amide bonds. The number of benzene rings is 1. The number of rotatable bonds is 3. The minimum Gasteiger partial charge on any atom is -0.399 e. The third-order valence-corrected chi connectivity index (χ3v) is 2.44. The van der Waals surface area contributed by atoms with E-state index in [9.17, 15) is 4.79 Å². The number of carbonyl (C=O) groups is 1. The molecule has 0 fully saturated rings. The van der Waals surface area contributed by atoms with Gasteiger partial charge in [0, 0.05) is 30.2 Å². The Morgan fingerprint density at radius 1 is 1.33 bits per heavy atom. The number of nitrogens with zero attached hydrogens (tertiary/aromatic N) is 2. The third kappa shape index (κ3) is 2.79. The van der Waals surface area contributed by atoms with Gasteiger partial charge in [-0.3, -0.25) is 9.48 Å². The highest BCUT2D eigenvalue weighted by atomic mass is 16.1. The van der Waals surface area contributed by atoms with Crippen molar-refractivity contribution in [3.8, 4) is 0 Å². The van der Waals surface area contributed by atoms with Gasteiger partial charge in [0.05, 0.1) is 12.2 Å². The Hall–Kier alpha value is -2.50. The van der Waals surface area contributed by atoms with Gasteiger partial charge in [-0.25, -0.2) is 0 Å². The number of anilines is 2. The molecule has 1 heterocycles. The van der Waals surface area contributed by atoms with Crippen molar-refractivity contribution in [2.45, 2.75) is 6.54 Å². The van der Waals surface area contributed by atoms with Crippen LogP contribution in [0, 0.1) is 0 Å². The minimum absolute atomic E-state index is 0.223. The smallest absolute Gasteiger partial charge is 0.251 e. The summed E-state index contributed by atoms with van der Waals surface area (Å²) < 4.78 is 1.68. The van der Waals surface area contributed by atoms with Crippen molar-refractivity contribution in [1.29, 1.82) is 0 Å². The van der Waals surface area contributed by atoms with Crippen molar-refractivity contribution in [3.63, 3.8) is 0 Å². The summed E-state index contributed by atoms with van der Waals surface area (Å²) >= 11 is 0. The van der Waals surface area contributed by atoms with Gasteiger partial charge >= 0.3 is 0 Å². The highest BCUT2D eigenvalue weighted by molar-refractivity contribution is 5.96. The molecule has 0 atom stereocenters. The zero-order chi connectivity index (χ0) is 13.1. The molecule has 0 unspecified atom stereocenters. The summed E-state index contributed by atoms with van der Waals surface area (Å²) in [6, 6.07) is 6.62. The van der Waals surface area contributed by atoms with Crippen molar-refractivity contribution in [1.82, 2.24) is 15.1 Å². The van der Waals surface area contributed by atoms with Crippen LogP contribution >= 0.6 is 0 Å². The number of aromatic nitrogens is 2. The molecule has 6 heteroatoms. The molecule has 6 nitrogen and oxygen atoms in total. The molecule has 0 saturated carbocycles. The van der Waals surface area contributed by atoms with Crippen molar-refractivity contribution < 1.29 is 4.79 Å². The lowest BCUT2D eigenvalue weighted by Crippen LogP contribution is -2.23. The first-order chi connectivity index (χ1) is 8.54. The van der Waals surface area contributed by atoms with Crippen LogP contribution in [-0.4, -0.2) is 15.7 Å². The lowest BCUT2D eigenvalue weighted by molar-refractivity contribution is 0.0950. The maximum absolute atomic E-state index is 11.9. The van der Waals surface area contributed by atoms with E-state index < -0.39 is 0 Å². The van der Waals surface area contributed by atoms with Crippen LogP contribution in [0.3, 0.4) is 0 Å². The highest BCUT2D eigenvalue weighted by Crippen LogP contribution is 2.13. The van der Waals surface area contributed by atoms with E-state index in [0.717, 1.165) is 5.69 Å². The molecule has 0 saturated heterocycles. The van der Waals surface area contributed by atoms with Gasteiger partial charge < -0.3 is 16.8 Å². The monoisotopic (exact) mass is 245 g/mol. The SMILES string of the molecule is Cn1ccc(CNC(=O)c2cc(N)cc(N)c2)n1. The number of hydrogen-bond acceptors (Lipinski definition) is 4. The van der Waals surface area contributed by atoms with Crippen LogP contribution in [0.4, 0.5) is 11.4 Å². The Bertz CT molecular complexity index is 555. The van der Waals surface area contributed by atoms with E-state index in [1.165, 1.54) is 0 Å². The van der Waals surface area contributed by atoms with E-state index in [2.05, 4.69) is 10.4 Å². The van der Waals surface area contributed by atoms with Gasteiger partial charge in [-0.05, 0) is 24.3 Å². The molecule has 1 aromatic carbocycles. The van der Waals surface area contributed by atoms with Crippen LogP contribution in [0.25, 0.3) is 0 Å². The summed E-state index contributed by atoms with van der Waals surface area (Å²) in [5.74, 6) is -0.223. The Kier molecular flexibility index (Phi) is 3.18. The van der Waals surface area contributed by atoms with Crippen LogP contribution in [-0.2, 0) is 13.6 Å². The lowest BCUT2D eigenvalue weighted by atomic mass is 10.1. The number of nitrogen functional groups attached to an aromatic ring is 2. The van der Waals surface area contributed by atoms with Crippen molar-refractivity contribution in [2.75, 3.05) is 11.5 Å². The van der Waals surface area contributed by atoms with E-state index in [1.807, 2.05) is 19.3 Å². The summed E-state index contributed by atoms with van der Waals surface area (Å²) in [5.41, 5.74) is 13.4. The fourth-order valence-electron chi connectivity index (χ4n) is 1.64. The minimum atomic E-state index is -0.223. The molecule has 18 heavy (non-hydrogen) atoms. The first-order valence-electron chi connectivity index (χ1n) is 5.47. The van der Waals surface area contributed by atoms with E-state index >= 15 is 0 Å². The predicted molar refractivity (Wildman–Crippen MR) is 69.6 cm³/mol. The van der Waals surface area contributed by atoms with Gasteiger partial charge in [0.15, 0.2) is 0 Å². The summed E-state index contributed by atoms with van der Waals surface area (Å²) in [4.78, 5) is 11.9. The topological polar surface area (TPSA) is 99.0 Å². The Labute approximate surface area is 105 Å². The van der Waals surface area contributed by atoms with E-state index in [-0.39, 0.29) is 5.91 Å². The van der Waals surface area contributed by atoms with Gasteiger partial charge in [0.25, 0.3) is 5.91 Å². The van der Waals surface area contributed by atoms with Gasteiger partial charge in [-0.1, -0.05) is 0 Å². The van der Waals surface area contributed by atoms with Crippen LogP contribution in [0.15, 0.2) is 30.5 Å². The second kappa shape index (κ2) is 4.79. The number of aryl methyl sites for hydroxylation is 1. The number of carbonyl (C=O) groups excluding carboxylic acids is 1. The average molecular weight is 245 g/mol. The van der Waals surface area contributed by atoms with Gasteiger partial charge in [0.2, 0.25) is 0 Å². The van der Waals surface area contributed by atoms with Crippen LogP contribution in [0.2, 0.25) is 0 Å². The molecule has 94 valence electrons. The van der Waals surface area contributed by atoms with Crippen molar-refractivity contribution >= 4 is 17.3 Å². The number of amides is 1. The molecule has 5 N–H and O–H groups in total. The highest BCUT2D eigenvalue weighted by Gasteiger charge is 2.07. The molecule has 1 aromatic heterocycles. The summed E-state index contributed by atoms with van der Waals surface area (Å²) in [5, 5.41) is 6.92.